The van der Waals surface area contributed by atoms with Gasteiger partial charge in [-0.15, -0.1) is 0 Å². The van der Waals surface area contributed by atoms with Gasteiger partial charge in [-0.2, -0.15) is 0 Å². The molecule has 31 heavy (non-hydrogen) atoms. The van der Waals surface area contributed by atoms with Crippen LogP contribution in [0.1, 0.15) is 18.1 Å². The summed E-state index contributed by atoms with van der Waals surface area (Å²) in [4.78, 5) is 42.7. The third-order valence-electron chi connectivity index (χ3n) is 6.01. The number of aryl methyl sites for hydroxylation is 1. The first-order chi connectivity index (χ1) is 14.7. The largest absolute Gasteiger partial charge is 0.368 e. The van der Waals surface area contributed by atoms with E-state index in [-0.39, 0.29) is 11.9 Å². The lowest BCUT2D eigenvalue weighted by atomic mass is 10.1. The highest BCUT2D eigenvalue weighted by atomic mass is 35.5. The molecule has 1 N–H and O–H groups in total. The maximum Gasteiger partial charge on any atom is 0.313 e. The summed E-state index contributed by atoms with van der Waals surface area (Å²) >= 11 is 6.13. The normalized spacial score (nSPS) is 18.3. The van der Waals surface area contributed by atoms with Gasteiger partial charge in [0.2, 0.25) is 5.91 Å². The first-order valence-corrected chi connectivity index (χ1v) is 10.6. The Morgan fingerprint density at radius 1 is 1.13 bits per heavy atom. The predicted molar refractivity (Wildman–Crippen MR) is 122 cm³/mol. The van der Waals surface area contributed by atoms with Crippen LogP contribution in [-0.2, 0) is 20.8 Å². The molecule has 2 aromatic rings. The number of likely N-dealkylation sites (N-methyl/N-ethyl adjacent to an activating group) is 1. The monoisotopic (exact) mass is 440 g/mol. The number of hydrogen-bond acceptors (Lipinski definition) is 4. The molecule has 162 valence electrons. The molecule has 0 aliphatic carbocycles. The van der Waals surface area contributed by atoms with Crippen molar-refractivity contribution in [2.75, 3.05) is 41.8 Å². The smallest absolute Gasteiger partial charge is 0.313 e. The second-order valence-electron chi connectivity index (χ2n) is 8.15. The van der Waals surface area contributed by atoms with Crippen molar-refractivity contribution in [2.45, 2.75) is 26.3 Å². The lowest BCUT2D eigenvalue weighted by Crippen LogP contribution is -2.56. The molecule has 2 aromatic carbocycles. The maximum absolute atomic E-state index is 12.8. The van der Waals surface area contributed by atoms with E-state index in [1.807, 2.05) is 38.1 Å². The van der Waals surface area contributed by atoms with Crippen LogP contribution in [0.2, 0.25) is 5.02 Å². The number of fused-ring (bicyclic) bond motifs is 1. The van der Waals surface area contributed by atoms with Gasteiger partial charge in [0.25, 0.3) is 0 Å². The number of halogens is 1. The van der Waals surface area contributed by atoms with Gasteiger partial charge in [0.15, 0.2) is 0 Å². The molecule has 2 heterocycles. The molecule has 1 fully saturated rings. The van der Waals surface area contributed by atoms with Crippen LogP contribution in [0.3, 0.4) is 0 Å². The van der Waals surface area contributed by atoms with Crippen LogP contribution in [0.5, 0.6) is 0 Å². The molecule has 3 amide bonds. The van der Waals surface area contributed by atoms with Crippen LogP contribution in [0.4, 0.5) is 17.1 Å². The molecule has 0 spiro atoms. The fourth-order valence-electron chi connectivity index (χ4n) is 4.15. The van der Waals surface area contributed by atoms with Crippen LogP contribution in [0.15, 0.2) is 36.4 Å². The van der Waals surface area contributed by atoms with Crippen LogP contribution in [-0.4, -0.2) is 55.3 Å². The molecule has 7 nitrogen and oxygen atoms in total. The van der Waals surface area contributed by atoms with E-state index in [9.17, 15) is 14.4 Å². The molecule has 1 saturated heterocycles. The molecule has 2 aliphatic rings. The lowest BCUT2D eigenvalue weighted by molar-refractivity contribution is -0.144. The Hall–Kier alpha value is -3.06. The number of carbonyl (C=O) groups excluding carboxylic acids is 3. The van der Waals surface area contributed by atoms with E-state index < -0.39 is 11.8 Å². The third kappa shape index (κ3) is 4.10. The van der Waals surface area contributed by atoms with E-state index >= 15 is 0 Å². The Balaban J connectivity index is 1.40. The number of amides is 3. The predicted octanol–water partition coefficient (Wildman–Crippen LogP) is 2.84. The zero-order valence-corrected chi connectivity index (χ0v) is 18.6. The van der Waals surface area contributed by atoms with Gasteiger partial charge in [-0.3, -0.25) is 14.4 Å². The zero-order chi connectivity index (χ0) is 22.3. The molecule has 8 heteroatoms. The SMILES string of the molecule is Cc1cc(N2CCN(C(=O)C(=O)Nc3ccc4c(c3)N(C)C(=O)C4)[C@H](C)C2)ccc1Cl. The number of nitrogens with zero attached hydrogens (tertiary/aromatic N) is 3. The standard InChI is InChI=1S/C23H25ClN4O3/c1-14-10-18(6-7-19(14)24)27-8-9-28(15(2)13-27)23(31)22(30)25-17-5-4-16-11-21(29)26(3)20(16)12-17/h4-7,10,12,15H,8-9,11,13H2,1-3H3,(H,25,30)/t15-/m1/s1. The minimum atomic E-state index is -0.672. The molecule has 0 aromatic heterocycles. The average Bonchev–Trinajstić information content (AvgIpc) is 3.03. The van der Waals surface area contributed by atoms with Gasteiger partial charge < -0.3 is 20.0 Å². The summed E-state index contributed by atoms with van der Waals surface area (Å²) in [6.45, 7) is 5.63. The van der Waals surface area contributed by atoms with E-state index in [0.29, 0.717) is 31.7 Å². The molecule has 0 bridgehead atoms. The molecular weight excluding hydrogens is 416 g/mol. The fraction of sp³-hybridized carbons (Fsp3) is 0.348. The molecule has 0 unspecified atom stereocenters. The van der Waals surface area contributed by atoms with Crippen molar-refractivity contribution in [2.24, 2.45) is 0 Å². The number of nitrogens with one attached hydrogen (secondary N) is 1. The number of rotatable bonds is 2. The summed E-state index contributed by atoms with van der Waals surface area (Å²) in [5.74, 6) is -1.21. The number of piperazine rings is 1. The van der Waals surface area contributed by atoms with Crippen LogP contribution in [0, 0.1) is 6.92 Å². The zero-order valence-electron chi connectivity index (χ0n) is 17.8. The van der Waals surface area contributed by atoms with Gasteiger partial charge >= 0.3 is 11.8 Å². The van der Waals surface area contributed by atoms with E-state index in [4.69, 9.17) is 11.6 Å². The number of hydrogen-bond donors (Lipinski definition) is 1. The summed E-state index contributed by atoms with van der Waals surface area (Å²) in [5.41, 5.74) is 4.24. The van der Waals surface area contributed by atoms with Crippen molar-refractivity contribution in [3.63, 3.8) is 0 Å². The van der Waals surface area contributed by atoms with E-state index in [1.165, 1.54) is 0 Å². The van der Waals surface area contributed by atoms with Crippen LogP contribution >= 0.6 is 11.6 Å². The van der Waals surface area contributed by atoms with Gasteiger partial charge in [-0.25, -0.2) is 0 Å². The van der Waals surface area contributed by atoms with Gasteiger partial charge in [0.05, 0.1) is 6.42 Å². The Kier molecular flexibility index (Phi) is 5.62. The Morgan fingerprint density at radius 2 is 1.90 bits per heavy atom. The van der Waals surface area contributed by atoms with E-state index in [2.05, 4.69) is 10.2 Å². The molecule has 1 atom stereocenters. The molecular formula is C23H25ClN4O3. The highest BCUT2D eigenvalue weighted by Crippen LogP contribution is 2.30. The summed E-state index contributed by atoms with van der Waals surface area (Å²) in [5, 5.41) is 3.41. The summed E-state index contributed by atoms with van der Waals surface area (Å²) in [7, 11) is 1.70. The van der Waals surface area contributed by atoms with Gasteiger partial charge in [-0.1, -0.05) is 17.7 Å². The van der Waals surface area contributed by atoms with Crippen LogP contribution < -0.4 is 15.1 Å². The quantitative estimate of drug-likeness (QED) is 0.729. The Labute approximate surface area is 186 Å². The topological polar surface area (TPSA) is 73.0 Å². The molecule has 0 saturated carbocycles. The van der Waals surface area contributed by atoms with Crippen molar-refractivity contribution in [1.82, 2.24) is 4.90 Å². The van der Waals surface area contributed by atoms with Gasteiger partial charge in [0.1, 0.15) is 0 Å². The average molecular weight is 441 g/mol. The second-order valence-corrected chi connectivity index (χ2v) is 8.56. The maximum atomic E-state index is 12.8. The summed E-state index contributed by atoms with van der Waals surface area (Å²) in [6.07, 6.45) is 0.355. The highest BCUT2D eigenvalue weighted by Gasteiger charge is 2.32. The van der Waals surface area contributed by atoms with Crippen molar-refractivity contribution in [1.29, 1.82) is 0 Å². The Bertz CT molecular complexity index is 1070. The molecule has 4 rings (SSSR count). The summed E-state index contributed by atoms with van der Waals surface area (Å²) in [6, 6.07) is 11.0. The van der Waals surface area contributed by atoms with Crippen molar-refractivity contribution >= 4 is 46.4 Å². The minimum absolute atomic E-state index is 0.0112. The van der Waals surface area contributed by atoms with Gasteiger partial charge in [0, 0.05) is 54.8 Å². The number of benzene rings is 2. The molecule has 0 radical (unpaired) electrons. The fourth-order valence-corrected chi connectivity index (χ4v) is 4.27. The van der Waals surface area contributed by atoms with E-state index in [1.54, 1.807) is 29.0 Å². The second kappa shape index (κ2) is 8.23. The third-order valence-corrected chi connectivity index (χ3v) is 6.43. The first-order valence-electron chi connectivity index (χ1n) is 10.3. The number of anilines is 3. The highest BCUT2D eigenvalue weighted by molar-refractivity contribution is 6.39. The minimum Gasteiger partial charge on any atom is -0.368 e. The van der Waals surface area contributed by atoms with E-state index in [0.717, 1.165) is 27.5 Å². The summed E-state index contributed by atoms with van der Waals surface area (Å²) < 4.78 is 0. The van der Waals surface area contributed by atoms with Crippen molar-refractivity contribution < 1.29 is 14.4 Å². The molecule has 2 aliphatic heterocycles. The van der Waals surface area contributed by atoms with Crippen molar-refractivity contribution in [3.8, 4) is 0 Å². The lowest BCUT2D eigenvalue weighted by Gasteiger charge is -2.40. The van der Waals surface area contributed by atoms with Crippen molar-refractivity contribution in [3.05, 3.63) is 52.5 Å². The Morgan fingerprint density at radius 3 is 2.61 bits per heavy atom. The number of carbonyl (C=O) groups is 3. The van der Waals surface area contributed by atoms with Gasteiger partial charge in [-0.05, 0) is 55.3 Å². The first kappa shape index (κ1) is 21.2. The van der Waals surface area contributed by atoms with Crippen LogP contribution in [0.25, 0.3) is 0 Å².